The molecule has 158 valence electrons. The summed E-state index contributed by atoms with van der Waals surface area (Å²) < 4.78 is 42.9. The molecule has 2 heterocycles. The summed E-state index contributed by atoms with van der Waals surface area (Å²) >= 11 is 0. The molecule has 0 radical (unpaired) electrons. The number of carbonyl (C=O) groups excluding carboxylic acids is 1. The van der Waals surface area contributed by atoms with Gasteiger partial charge in [-0.1, -0.05) is 0 Å². The number of ether oxygens (including phenoxy) is 1. The molecule has 0 aliphatic carbocycles. The molecule has 1 unspecified atom stereocenters. The molecule has 1 aromatic heterocycles. The molecule has 1 amide bonds. The third-order valence-electron chi connectivity index (χ3n) is 4.21. The lowest BCUT2D eigenvalue weighted by Gasteiger charge is -2.16. The summed E-state index contributed by atoms with van der Waals surface area (Å²) in [5.41, 5.74) is -0.505. The van der Waals surface area contributed by atoms with E-state index in [9.17, 15) is 22.8 Å². The predicted molar refractivity (Wildman–Crippen MR) is 102 cm³/mol. The Bertz CT molecular complexity index is 846. The van der Waals surface area contributed by atoms with Crippen molar-refractivity contribution in [2.24, 2.45) is 5.92 Å². The van der Waals surface area contributed by atoms with Gasteiger partial charge in [0.2, 0.25) is 5.88 Å². The summed E-state index contributed by atoms with van der Waals surface area (Å²) in [5.74, 6) is -1.45. The van der Waals surface area contributed by atoms with Gasteiger partial charge in [0.1, 0.15) is 5.75 Å². The second-order valence-corrected chi connectivity index (χ2v) is 6.08. The van der Waals surface area contributed by atoms with E-state index in [2.05, 4.69) is 4.98 Å². The average molecular weight is 453 g/mol. The number of likely N-dealkylation sites (tertiary alicyclic amines) is 1. The highest BCUT2D eigenvalue weighted by molar-refractivity contribution is 5.95. The van der Waals surface area contributed by atoms with Crippen molar-refractivity contribution < 1.29 is 32.6 Å². The molecule has 0 saturated carbocycles. The van der Waals surface area contributed by atoms with Gasteiger partial charge in [0.05, 0.1) is 11.5 Å². The molecular weight excluding hydrogens is 436 g/mol. The minimum absolute atomic E-state index is 0. The Labute approximate surface area is 176 Å². The smallest absolute Gasteiger partial charge is 0.417 e. The predicted octanol–water partition coefficient (Wildman–Crippen LogP) is 4.28. The molecule has 1 saturated heterocycles. The zero-order valence-corrected chi connectivity index (χ0v) is 16.4. The van der Waals surface area contributed by atoms with Gasteiger partial charge in [-0.3, -0.25) is 9.59 Å². The largest absolute Gasteiger partial charge is 0.481 e. The lowest BCUT2D eigenvalue weighted by atomic mass is 10.1. The molecule has 1 aromatic carbocycles. The summed E-state index contributed by atoms with van der Waals surface area (Å²) in [6, 6.07) is 7.99. The lowest BCUT2D eigenvalue weighted by molar-refractivity contribution is -0.141. The van der Waals surface area contributed by atoms with Crippen molar-refractivity contribution in [1.82, 2.24) is 9.88 Å². The Hall–Kier alpha value is -2.52. The fourth-order valence-corrected chi connectivity index (χ4v) is 2.72. The highest BCUT2D eigenvalue weighted by Gasteiger charge is 2.32. The molecule has 0 bridgehead atoms. The highest BCUT2D eigenvalue weighted by atomic mass is 35.5. The Kier molecular flexibility index (Phi) is 8.28. The molecule has 6 nitrogen and oxygen atoms in total. The van der Waals surface area contributed by atoms with Crippen molar-refractivity contribution in [2.45, 2.75) is 12.6 Å². The van der Waals surface area contributed by atoms with Gasteiger partial charge in [-0.25, -0.2) is 4.98 Å². The van der Waals surface area contributed by atoms with E-state index >= 15 is 0 Å². The first kappa shape index (κ1) is 24.5. The van der Waals surface area contributed by atoms with Gasteiger partial charge in [0.25, 0.3) is 5.91 Å². The summed E-state index contributed by atoms with van der Waals surface area (Å²) in [6.45, 7) is 0.547. The zero-order valence-electron chi connectivity index (χ0n) is 14.8. The number of alkyl halides is 3. The van der Waals surface area contributed by atoms with E-state index in [0.29, 0.717) is 30.5 Å². The van der Waals surface area contributed by atoms with Gasteiger partial charge in [-0.2, -0.15) is 13.2 Å². The van der Waals surface area contributed by atoms with Crippen LogP contribution in [0.4, 0.5) is 13.2 Å². The number of hydrogen-bond acceptors (Lipinski definition) is 4. The fraction of sp³-hybridized carbons (Fsp3) is 0.278. The van der Waals surface area contributed by atoms with Crippen molar-refractivity contribution in [1.29, 1.82) is 0 Å². The van der Waals surface area contributed by atoms with Gasteiger partial charge in [0.15, 0.2) is 0 Å². The van der Waals surface area contributed by atoms with Crippen LogP contribution >= 0.6 is 24.8 Å². The van der Waals surface area contributed by atoms with Crippen LogP contribution in [0.25, 0.3) is 0 Å². The molecular formula is C18H17Cl2F3N2O4. The first-order valence-electron chi connectivity index (χ1n) is 8.07. The van der Waals surface area contributed by atoms with Crippen LogP contribution in [0.3, 0.4) is 0 Å². The topological polar surface area (TPSA) is 79.7 Å². The second-order valence-electron chi connectivity index (χ2n) is 6.08. The van der Waals surface area contributed by atoms with E-state index in [1.807, 2.05) is 0 Å². The average Bonchev–Trinajstić information content (AvgIpc) is 3.12. The van der Waals surface area contributed by atoms with Gasteiger partial charge < -0.3 is 14.7 Å². The van der Waals surface area contributed by atoms with E-state index in [0.717, 1.165) is 12.1 Å². The molecule has 1 aliphatic heterocycles. The van der Waals surface area contributed by atoms with E-state index in [1.165, 1.54) is 29.2 Å². The Balaban J connectivity index is 0.00000210. The molecule has 3 rings (SSSR count). The maximum Gasteiger partial charge on any atom is 0.417 e. The molecule has 1 atom stereocenters. The van der Waals surface area contributed by atoms with Gasteiger partial charge in [-0.15, -0.1) is 24.8 Å². The monoisotopic (exact) mass is 452 g/mol. The number of carboxylic acid groups (broad SMARTS) is 1. The van der Waals surface area contributed by atoms with E-state index in [-0.39, 0.29) is 43.1 Å². The van der Waals surface area contributed by atoms with Crippen LogP contribution in [0.5, 0.6) is 11.6 Å². The molecule has 1 fully saturated rings. The number of carboxylic acids is 1. The number of aliphatic carboxylic acids is 1. The minimum atomic E-state index is -4.47. The van der Waals surface area contributed by atoms with Crippen LogP contribution in [0.1, 0.15) is 22.3 Å². The van der Waals surface area contributed by atoms with Crippen molar-refractivity contribution in [3.8, 4) is 11.6 Å². The number of benzene rings is 1. The molecule has 1 aliphatic rings. The van der Waals surface area contributed by atoms with Gasteiger partial charge in [0, 0.05) is 30.9 Å². The third-order valence-corrected chi connectivity index (χ3v) is 4.21. The molecule has 11 heteroatoms. The summed E-state index contributed by atoms with van der Waals surface area (Å²) in [7, 11) is 0. The van der Waals surface area contributed by atoms with Crippen LogP contribution < -0.4 is 4.74 Å². The Morgan fingerprint density at radius 2 is 1.76 bits per heavy atom. The standard InChI is InChI=1S/C18H15F3N2O4.2ClH/c19-18(20,21)13-3-6-15(22-9-13)27-14-4-1-11(2-5-14)16(24)23-8-7-12(10-23)17(25)26;;/h1-6,9,12H,7-8,10H2,(H,25,26);2*1H. The van der Waals surface area contributed by atoms with Crippen LogP contribution in [0.15, 0.2) is 42.6 Å². The normalized spacial score (nSPS) is 15.8. The molecule has 0 spiro atoms. The number of nitrogens with zero attached hydrogens (tertiary/aromatic N) is 2. The van der Waals surface area contributed by atoms with E-state index in [1.54, 1.807) is 0 Å². The number of hydrogen-bond donors (Lipinski definition) is 1. The van der Waals surface area contributed by atoms with Crippen LogP contribution in [-0.4, -0.2) is 40.0 Å². The van der Waals surface area contributed by atoms with Crippen molar-refractivity contribution >= 4 is 36.7 Å². The van der Waals surface area contributed by atoms with E-state index < -0.39 is 23.6 Å². The zero-order chi connectivity index (χ0) is 19.6. The second kappa shape index (κ2) is 9.80. The van der Waals surface area contributed by atoms with Crippen molar-refractivity contribution in [2.75, 3.05) is 13.1 Å². The fourth-order valence-electron chi connectivity index (χ4n) is 2.72. The number of rotatable bonds is 4. The van der Waals surface area contributed by atoms with Crippen LogP contribution in [0, 0.1) is 5.92 Å². The summed E-state index contributed by atoms with van der Waals surface area (Å²) in [6.07, 6.45) is -3.37. The quantitative estimate of drug-likeness (QED) is 0.748. The van der Waals surface area contributed by atoms with E-state index in [4.69, 9.17) is 9.84 Å². The maximum absolute atomic E-state index is 12.5. The third kappa shape index (κ3) is 5.98. The highest BCUT2D eigenvalue weighted by Crippen LogP contribution is 2.30. The van der Waals surface area contributed by atoms with Crippen LogP contribution in [-0.2, 0) is 11.0 Å². The van der Waals surface area contributed by atoms with Crippen molar-refractivity contribution in [3.05, 3.63) is 53.7 Å². The number of amides is 1. The number of pyridine rings is 1. The summed E-state index contributed by atoms with van der Waals surface area (Å²) in [5, 5.41) is 9.00. The molecule has 29 heavy (non-hydrogen) atoms. The van der Waals surface area contributed by atoms with Gasteiger partial charge in [-0.05, 0) is 36.8 Å². The molecule has 2 aromatic rings. The molecule has 1 N–H and O–H groups in total. The summed E-state index contributed by atoms with van der Waals surface area (Å²) in [4.78, 5) is 28.5. The lowest BCUT2D eigenvalue weighted by Crippen LogP contribution is -2.29. The van der Waals surface area contributed by atoms with Crippen molar-refractivity contribution in [3.63, 3.8) is 0 Å². The Morgan fingerprint density at radius 3 is 2.24 bits per heavy atom. The first-order valence-corrected chi connectivity index (χ1v) is 8.07. The Morgan fingerprint density at radius 1 is 1.10 bits per heavy atom. The van der Waals surface area contributed by atoms with Gasteiger partial charge >= 0.3 is 12.1 Å². The number of halogens is 5. The minimum Gasteiger partial charge on any atom is -0.481 e. The first-order chi connectivity index (χ1) is 12.7. The maximum atomic E-state index is 12.5. The number of aromatic nitrogens is 1. The van der Waals surface area contributed by atoms with Crippen LogP contribution in [0.2, 0.25) is 0 Å². The SMILES string of the molecule is Cl.Cl.O=C(O)C1CCN(C(=O)c2ccc(Oc3ccc(C(F)(F)F)cn3)cc2)C1. The number of carbonyl (C=O) groups is 2.